The largest absolute Gasteiger partial charge is 0.396 e. The van der Waals surface area contributed by atoms with Gasteiger partial charge in [0.2, 0.25) is 0 Å². The molecule has 0 spiro atoms. The summed E-state index contributed by atoms with van der Waals surface area (Å²) < 4.78 is 1.76. The summed E-state index contributed by atoms with van der Waals surface area (Å²) in [6, 6.07) is 7.56. The zero-order valence-electron chi connectivity index (χ0n) is 10.5. The third-order valence-electron chi connectivity index (χ3n) is 2.79. The first-order valence-corrected chi connectivity index (χ1v) is 5.59. The van der Waals surface area contributed by atoms with Gasteiger partial charge in [-0.05, 0) is 12.1 Å². The minimum atomic E-state index is 0.505. The van der Waals surface area contributed by atoms with Crippen molar-refractivity contribution >= 4 is 11.4 Å². The molecule has 0 saturated carbocycles. The molecule has 5 nitrogen and oxygen atoms in total. The van der Waals surface area contributed by atoms with Crippen molar-refractivity contribution in [3.63, 3.8) is 0 Å². The highest BCUT2D eigenvalue weighted by atomic mass is 15.2. The van der Waals surface area contributed by atoms with E-state index in [-0.39, 0.29) is 0 Å². The minimum Gasteiger partial charge on any atom is -0.396 e. The van der Waals surface area contributed by atoms with Crippen molar-refractivity contribution in [1.29, 1.82) is 5.26 Å². The summed E-state index contributed by atoms with van der Waals surface area (Å²) in [5.41, 5.74) is 8.95. The second-order valence-electron chi connectivity index (χ2n) is 4.23. The van der Waals surface area contributed by atoms with Gasteiger partial charge in [-0.15, -0.1) is 0 Å². The average molecular weight is 241 g/mol. The molecule has 0 unspecified atom stereocenters. The smallest absolute Gasteiger partial charge is 0.101 e. The van der Waals surface area contributed by atoms with Gasteiger partial charge in [0.05, 0.1) is 23.1 Å². The Balaban J connectivity index is 2.24. The number of nitrogens with zero attached hydrogens (tertiary/aromatic N) is 4. The molecule has 1 aromatic carbocycles. The highest BCUT2D eigenvalue weighted by Crippen LogP contribution is 2.26. The molecule has 0 atom stereocenters. The molecule has 0 radical (unpaired) electrons. The van der Waals surface area contributed by atoms with E-state index in [1.165, 1.54) is 0 Å². The van der Waals surface area contributed by atoms with Crippen LogP contribution in [0.1, 0.15) is 11.1 Å². The van der Waals surface area contributed by atoms with Gasteiger partial charge >= 0.3 is 0 Å². The standard InChI is InChI=1S/C13H15N5/c1-17(8-10-7-16-18(2)9-10)12-5-3-4-11(6-14)13(12)15/h3-5,7,9H,8,15H2,1-2H3. The number of aromatic nitrogens is 2. The van der Waals surface area contributed by atoms with Gasteiger partial charge in [0.25, 0.3) is 0 Å². The number of nitrogen functional groups attached to an aromatic ring is 1. The summed E-state index contributed by atoms with van der Waals surface area (Å²) in [6.45, 7) is 0.701. The molecule has 0 amide bonds. The quantitative estimate of drug-likeness (QED) is 0.827. The van der Waals surface area contributed by atoms with Crippen molar-refractivity contribution in [2.75, 3.05) is 17.7 Å². The summed E-state index contributed by atoms with van der Waals surface area (Å²) in [5.74, 6) is 0. The Bertz CT molecular complexity index is 594. The molecule has 92 valence electrons. The van der Waals surface area contributed by atoms with E-state index in [1.807, 2.05) is 43.5 Å². The van der Waals surface area contributed by atoms with Crippen LogP contribution >= 0.6 is 0 Å². The number of nitrogens with two attached hydrogens (primary N) is 1. The second-order valence-corrected chi connectivity index (χ2v) is 4.23. The van der Waals surface area contributed by atoms with Gasteiger partial charge < -0.3 is 10.6 Å². The highest BCUT2D eigenvalue weighted by molar-refractivity contribution is 5.73. The first-order valence-electron chi connectivity index (χ1n) is 5.59. The fourth-order valence-corrected chi connectivity index (χ4v) is 1.90. The topological polar surface area (TPSA) is 70.9 Å². The number of para-hydroxylation sites is 1. The number of rotatable bonds is 3. The van der Waals surface area contributed by atoms with Gasteiger partial charge in [-0.3, -0.25) is 4.68 Å². The van der Waals surface area contributed by atoms with Gasteiger partial charge in [-0.1, -0.05) is 6.07 Å². The van der Waals surface area contributed by atoms with Crippen LogP contribution in [-0.4, -0.2) is 16.8 Å². The molecule has 0 saturated heterocycles. The first kappa shape index (κ1) is 12.0. The monoisotopic (exact) mass is 241 g/mol. The zero-order valence-corrected chi connectivity index (χ0v) is 10.5. The van der Waals surface area contributed by atoms with Crippen LogP contribution in [-0.2, 0) is 13.6 Å². The molecule has 0 aliphatic rings. The summed E-state index contributed by atoms with van der Waals surface area (Å²) in [5, 5.41) is 13.1. The lowest BCUT2D eigenvalue weighted by Gasteiger charge is -2.20. The van der Waals surface area contributed by atoms with E-state index in [0.29, 0.717) is 17.8 Å². The Morgan fingerprint density at radius 3 is 2.89 bits per heavy atom. The number of anilines is 2. The average Bonchev–Trinajstić information content (AvgIpc) is 2.75. The van der Waals surface area contributed by atoms with E-state index in [1.54, 1.807) is 10.7 Å². The highest BCUT2D eigenvalue weighted by Gasteiger charge is 2.09. The third kappa shape index (κ3) is 2.28. The molecule has 0 fully saturated rings. The summed E-state index contributed by atoms with van der Waals surface area (Å²) in [6.07, 6.45) is 3.78. The van der Waals surface area contributed by atoms with Crippen LogP contribution in [0, 0.1) is 11.3 Å². The van der Waals surface area contributed by atoms with Crippen LogP contribution in [0.5, 0.6) is 0 Å². The molecule has 0 aliphatic carbocycles. The minimum absolute atomic E-state index is 0.505. The van der Waals surface area contributed by atoms with Crippen molar-refractivity contribution in [1.82, 2.24) is 9.78 Å². The summed E-state index contributed by atoms with van der Waals surface area (Å²) in [4.78, 5) is 2.01. The zero-order chi connectivity index (χ0) is 13.1. The molecular formula is C13H15N5. The fourth-order valence-electron chi connectivity index (χ4n) is 1.90. The number of hydrogen-bond acceptors (Lipinski definition) is 4. The van der Waals surface area contributed by atoms with Gasteiger partial charge in [0.15, 0.2) is 0 Å². The van der Waals surface area contributed by atoms with Crippen LogP contribution < -0.4 is 10.6 Å². The van der Waals surface area contributed by atoms with Crippen LogP contribution in [0.4, 0.5) is 11.4 Å². The Morgan fingerprint density at radius 2 is 2.28 bits per heavy atom. The van der Waals surface area contributed by atoms with E-state index >= 15 is 0 Å². The van der Waals surface area contributed by atoms with Crippen LogP contribution in [0.15, 0.2) is 30.6 Å². The Kier molecular flexibility index (Phi) is 3.20. The molecule has 5 heteroatoms. The molecule has 2 aromatic rings. The second kappa shape index (κ2) is 4.80. The van der Waals surface area contributed by atoms with Gasteiger partial charge in [-0.2, -0.15) is 10.4 Å². The fraction of sp³-hybridized carbons (Fsp3) is 0.231. The molecule has 0 bridgehead atoms. The third-order valence-corrected chi connectivity index (χ3v) is 2.79. The van der Waals surface area contributed by atoms with Crippen LogP contribution in [0.3, 0.4) is 0 Å². The molecule has 0 aliphatic heterocycles. The normalized spacial score (nSPS) is 10.1. The van der Waals surface area contributed by atoms with E-state index < -0.39 is 0 Å². The summed E-state index contributed by atoms with van der Waals surface area (Å²) >= 11 is 0. The molecule has 18 heavy (non-hydrogen) atoms. The Morgan fingerprint density at radius 1 is 1.50 bits per heavy atom. The predicted molar refractivity (Wildman–Crippen MR) is 70.9 cm³/mol. The number of aryl methyl sites for hydroxylation is 1. The SMILES string of the molecule is CN(Cc1cnn(C)c1)c1cccc(C#N)c1N. The number of hydrogen-bond donors (Lipinski definition) is 1. The molecule has 2 N–H and O–H groups in total. The molecule has 1 aromatic heterocycles. The predicted octanol–water partition coefficient (Wildman–Crippen LogP) is 1.51. The molecular weight excluding hydrogens is 226 g/mol. The van der Waals surface area contributed by atoms with E-state index in [2.05, 4.69) is 11.2 Å². The maximum absolute atomic E-state index is 8.96. The maximum atomic E-state index is 8.96. The van der Waals surface area contributed by atoms with Gasteiger partial charge in [0, 0.05) is 32.4 Å². The Hall–Kier alpha value is -2.48. The van der Waals surface area contributed by atoms with Gasteiger partial charge in [0.1, 0.15) is 6.07 Å². The summed E-state index contributed by atoms with van der Waals surface area (Å²) in [7, 11) is 3.83. The number of nitriles is 1. The van der Waals surface area contributed by atoms with E-state index in [9.17, 15) is 0 Å². The van der Waals surface area contributed by atoms with Gasteiger partial charge in [-0.25, -0.2) is 0 Å². The Labute approximate surface area is 106 Å². The van der Waals surface area contributed by atoms with Crippen molar-refractivity contribution < 1.29 is 0 Å². The van der Waals surface area contributed by atoms with E-state index in [0.717, 1.165) is 11.3 Å². The van der Waals surface area contributed by atoms with Crippen molar-refractivity contribution in [2.24, 2.45) is 7.05 Å². The first-order chi connectivity index (χ1) is 8.61. The van der Waals surface area contributed by atoms with Crippen molar-refractivity contribution in [2.45, 2.75) is 6.54 Å². The van der Waals surface area contributed by atoms with Crippen molar-refractivity contribution in [3.05, 3.63) is 41.7 Å². The lowest BCUT2D eigenvalue weighted by atomic mass is 10.1. The lowest BCUT2D eigenvalue weighted by molar-refractivity contribution is 0.766. The van der Waals surface area contributed by atoms with E-state index in [4.69, 9.17) is 11.0 Å². The number of benzene rings is 1. The molecule has 1 heterocycles. The molecule has 2 rings (SSSR count). The lowest BCUT2D eigenvalue weighted by Crippen LogP contribution is -2.17. The van der Waals surface area contributed by atoms with Crippen LogP contribution in [0.25, 0.3) is 0 Å². The van der Waals surface area contributed by atoms with Crippen molar-refractivity contribution in [3.8, 4) is 6.07 Å². The maximum Gasteiger partial charge on any atom is 0.101 e. The van der Waals surface area contributed by atoms with Crippen LogP contribution in [0.2, 0.25) is 0 Å².